The number of hydrogen-bond acceptors (Lipinski definition) is 3. The molecular formula is C7H14O3S. The maximum atomic E-state index is 11.2. The molecule has 0 spiro atoms. The van der Waals surface area contributed by atoms with Crippen molar-refractivity contribution in [1.82, 2.24) is 0 Å². The summed E-state index contributed by atoms with van der Waals surface area (Å²) in [5.41, 5.74) is -0.513. The van der Waals surface area contributed by atoms with Crippen molar-refractivity contribution in [1.29, 1.82) is 0 Å². The van der Waals surface area contributed by atoms with Gasteiger partial charge in [0.1, 0.15) is 0 Å². The standard InChI is InChI=1S/C7H14O3S/c1-2-11(8,9)7-5-3-4-6-10-7/h7H,2-6H2,1H3. The topological polar surface area (TPSA) is 43.4 Å². The van der Waals surface area contributed by atoms with Gasteiger partial charge in [-0.2, -0.15) is 0 Å². The second kappa shape index (κ2) is 3.54. The van der Waals surface area contributed by atoms with E-state index >= 15 is 0 Å². The van der Waals surface area contributed by atoms with Gasteiger partial charge >= 0.3 is 0 Å². The van der Waals surface area contributed by atoms with Gasteiger partial charge in [-0.15, -0.1) is 0 Å². The Hall–Kier alpha value is -0.0900. The molecule has 0 radical (unpaired) electrons. The number of sulfone groups is 1. The summed E-state index contributed by atoms with van der Waals surface area (Å²) in [7, 11) is -2.94. The number of rotatable bonds is 2. The molecule has 0 saturated carbocycles. The van der Waals surface area contributed by atoms with Gasteiger partial charge in [-0.25, -0.2) is 8.42 Å². The van der Waals surface area contributed by atoms with E-state index in [2.05, 4.69) is 0 Å². The highest BCUT2D eigenvalue weighted by atomic mass is 32.2. The fourth-order valence-corrected chi connectivity index (χ4v) is 2.38. The van der Waals surface area contributed by atoms with Gasteiger partial charge in [-0.05, 0) is 19.3 Å². The van der Waals surface area contributed by atoms with Crippen molar-refractivity contribution in [3.63, 3.8) is 0 Å². The first-order chi connectivity index (χ1) is 5.17. The van der Waals surface area contributed by atoms with Gasteiger partial charge in [0.15, 0.2) is 15.3 Å². The molecule has 0 aromatic rings. The predicted octanol–water partition coefficient (Wildman–Crippen LogP) is 0.948. The molecule has 11 heavy (non-hydrogen) atoms. The van der Waals surface area contributed by atoms with Crippen LogP contribution in [0.2, 0.25) is 0 Å². The number of ether oxygens (including phenoxy) is 1. The normalized spacial score (nSPS) is 26.8. The molecule has 1 saturated heterocycles. The molecule has 1 heterocycles. The maximum Gasteiger partial charge on any atom is 0.176 e. The van der Waals surface area contributed by atoms with Crippen LogP contribution < -0.4 is 0 Å². The van der Waals surface area contributed by atoms with Gasteiger partial charge in [0.05, 0.1) is 0 Å². The van der Waals surface area contributed by atoms with Gasteiger partial charge in [0, 0.05) is 12.4 Å². The third-order valence-electron chi connectivity index (χ3n) is 1.94. The summed E-state index contributed by atoms with van der Waals surface area (Å²) in [5.74, 6) is 0.192. The molecule has 0 aromatic heterocycles. The quantitative estimate of drug-likeness (QED) is 0.632. The first-order valence-electron chi connectivity index (χ1n) is 4.00. The summed E-state index contributed by atoms with van der Waals surface area (Å²) in [6, 6.07) is 0. The highest BCUT2D eigenvalue weighted by Gasteiger charge is 2.25. The second-order valence-corrected chi connectivity index (χ2v) is 5.18. The zero-order chi connectivity index (χ0) is 8.32. The zero-order valence-corrected chi connectivity index (χ0v) is 7.56. The molecular weight excluding hydrogens is 164 g/mol. The molecule has 0 amide bonds. The monoisotopic (exact) mass is 178 g/mol. The molecule has 0 N–H and O–H groups in total. The van der Waals surface area contributed by atoms with Crippen LogP contribution in [0.4, 0.5) is 0 Å². The molecule has 3 nitrogen and oxygen atoms in total. The molecule has 0 aliphatic carbocycles. The van der Waals surface area contributed by atoms with Gasteiger partial charge in [-0.1, -0.05) is 6.92 Å². The van der Waals surface area contributed by atoms with Crippen LogP contribution in [0, 0.1) is 0 Å². The summed E-state index contributed by atoms with van der Waals surface area (Å²) in [5, 5.41) is 0. The van der Waals surface area contributed by atoms with Gasteiger partial charge in [0.2, 0.25) is 0 Å². The van der Waals surface area contributed by atoms with Crippen LogP contribution in [0.1, 0.15) is 26.2 Å². The van der Waals surface area contributed by atoms with E-state index in [-0.39, 0.29) is 5.75 Å². The van der Waals surface area contributed by atoms with Crippen LogP contribution >= 0.6 is 0 Å². The fourth-order valence-electron chi connectivity index (χ4n) is 1.18. The van der Waals surface area contributed by atoms with Crippen molar-refractivity contribution in [3.8, 4) is 0 Å². The Bertz CT molecular complexity index is 202. The molecule has 66 valence electrons. The Morgan fingerprint density at radius 1 is 1.45 bits per heavy atom. The maximum absolute atomic E-state index is 11.2. The lowest BCUT2D eigenvalue weighted by Gasteiger charge is -2.21. The summed E-state index contributed by atoms with van der Waals surface area (Å²) < 4.78 is 27.6. The molecule has 1 atom stereocenters. The van der Waals surface area contributed by atoms with Crippen molar-refractivity contribution >= 4 is 9.84 Å². The Morgan fingerprint density at radius 2 is 2.18 bits per heavy atom. The van der Waals surface area contributed by atoms with Gasteiger partial charge < -0.3 is 4.74 Å². The fraction of sp³-hybridized carbons (Fsp3) is 1.00. The molecule has 1 fully saturated rings. The van der Waals surface area contributed by atoms with E-state index in [4.69, 9.17) is 4.74 Å². The van der Waals surface area contributed by atoms with Crippen molar-refractivity contribution in [3.05, 3.63) is 0 Å². The Balaban J connectivity index is 2.58. The number of hydrogen-bond donors (Lipinski definition) is 0. The van der Waals surface area contributed by atoms with E-state index in [1.165, 1.54) is 0 Å². The Kier molecular flexibility index (Phi) is 2.90. The van der Waals surface area contributed by atoms with Crippen molar-refractivity contribution in [2.45, 2.75) is 31.6 Å². The van der Waals surface area contributed by atoms with E-state index in [1.807, 2.05) is 0 Å². The van der Waals surface area contributed by atoms with Gasteiger partial charge in [0.25, 0.3) is 0 Å². The van der Waals surface area contributed by atoms with E-state index < -0.39 is 15.3 Å². The summed E-state index contributed by atoms with van der Waals surface area (Å²) in [4.78, 5) is 0. The lowest BCUT2D eigenvalue weighted by molar-refractivity contribution is 0.0662. The minimum atomic E-state index is -2.94. The van der Waals surface area contributed by atoms with Crippen molar-refractivity contribution in [2.75, 3.05) is 12.4 Å². The Labute approximate surface area is 67.7 Å². The Morgan fingerprint density at radius 3 is 2.64 bits per heavy atom. The molecule has 0 bridgehead atoms. The average molecular weight is 178 g/mol. The van der Waals surface area contributed by atoms with Gasteiger partial charge in [-0.3, -0.25) is 0 Å². The second-order valence-electron chi connectivity index (χ2n) is 2.75. The predicted molar refractivity (Wildman–Crippen MR) is 43.1 cm³/mol. The molecule has 4 heteroatoms. The lowest BCUT2D eigenvalue weighted by Crippen LogP contribution is -2.29. The smallest absolute Gasteiger partial charge is 0.176 e. The highest BCUT2D eigenvalue weighted by molar-refractivity contribution is 7.91. The van der Waals surface area contributed by atoms with Crippen LogP contribution in [-0.4, -0.2) is 26.2 Å². The van der Waals surface area contributed by atoms with Crippen molar-refractivity contribution < 1.29 is 13.2 Å². The summed E-state index contributed by atoms with van der Waals surface area (Å²) in [6.07, 6.45) is 2.65. The molecule has 1 aliphatic heterocycles. The van der Waals surface area contributed by atoms with Crippen LogP contribution in [0.25, 0.3) is 0 Å². The van der Waals surface area contributed by atoms with Crippen LogP contribution in [-0.2, 0) is 14.6 Å². The van der Waals surface area contributed by atoms with Crippen LogP contribution in [0.5, 0.6) is 0 Å². The minimum Gasteiger partial charge on any atom is -0.362 e. The average Bonchev–Trinajstić information content (AvgIpc) is 2.06. The SMILES string of the molecule is CCS(=O)(=O)C1CCCCO1. The first kappa shape index (κ1) is 9.00. The van der Waals surface area contributed by atoms with Crippen molar-refractivity contribution in [2.24, 2.45) is 0 Å². The molecule has 1 rings (SSSR count). The van der Waals surface area contributed by atoms with Crippen LogP contribution in [0.15, 0.2) is 0 Å². The van der Waals surface area contributed by atoms with Crippen LogP contribution in [0.3, 0.4) is 0 Å². The third kappa shape index (κ3) is 2.17. The van der Waals surface area contributed by atoms with E-state index in [0.717, 1.165) is 12.8 Å². The van der Waals surface area contributed by atoms with E-state index in [0.29, 0.717) is 13.0 Å². The summed E-state index contributed by atoms with van der Waals surface area (Å²) in [6.45, 7) is 2.26. The lowest BCUT2D eigenvalue weighted by atomic mass is 10.2. The molecule has 1 unspecified atom stereocenters. The molecule has 0 aromatic carbocycles. The van der Waals surface area contributed by atoms with E-state index in [1.54, 1.807) is 6.92 Å². The minimum absolute atomic E-state index is 0.192. The molecule has 1 aliphatic rings. The first-order valence-corrected chi connectivity index (χ1v) is 5.71. The summed E-state index contributed by atoms with van der Waals surface area (Å²) >= 11 is 0. The zero-order valence-electron chi connectivity index (χ0n) is 6.75. The highest BCUT2D eigenvalue weighted by Crippen LogP contribution is 2.17. The third-order valence-corrected chi connectivity index (χ3v) is 3.92. The largest absolute Gasteiger partial charge is 0.362 e. The van der Waals surface area contributed by atoms with E-state index in [9.17, 15) is 8.42 Å².